The zero-order valence-electron chi connectivity index (χ0n) is 10.4. The van der Waals surface area contributed by atoms with Gasteiger partial charge < -0.3 is 5.73 Å². The fraction of sp³-hybridized carbons (Fsp3) is 0.385. The molecule has 0 spiro atoms. The minimum atomic E-state index is -3.49. The largest absolute Gasteiger partial charge is 0.330 e. The molecule has 1 aromatic rings. The van der Waals surface area contributed by atoms with E-state index < -0.39 is 10.0 Å². The molecule has 0 aliphatic carbocycles. The molecule has 0 radical (unpaired) electrons. The Bertz CT molecular complexity index is 515. The average Bonchev–Trinajstić information content (AvgIpc) is 2.29. The van der Waals surface area contributed by atoms with E-state index in [0.29, 0.717) is 13.0 Å². The summed E-state index contributed by atoms with van der Waals surface area (Å²) in [5.74, 6) is 2.43. The highest BCUT2D eigenvalue weighted by atomic mass is 32.2. The number of rotatable bonds is 6. The maximum Gasteiger partial charge on any atom is 0.240 e. The van der Waals surface area contributed by atoms with E-state index in [9.17, 15) is 8.42 Å². The van der Waals surface area contributed by atoms with Crippen LogP contribution in [0.2, 0.25) is 0 Å². The summed E-state index contributed by atoms with van der Waals surface area (Å²) >= 11 is 0. The topological polar surface area (TPSA) is 72.2 Å². The highest BCUT2D eigenvalue weighted by Crippen LogP contribution is 2.11. The van der Waals surface area contributed by atoms with Crippen LogP contribution in [0.5, 0.6) is 0 Å². The van der Waals surface area contributed by atoms with Crippen molar-refractivity contribution in [1.82, 2.24) is 4.72 Å². The molecule has 1 rings (SSSR count). The third kappa shape index (κ3) is 4.15. The van der Waals surface area contributed by atoms with Crippen LogP contribution in [0.4, 0.5) is 0 Å². The van der Waals surface area contributed by atoms with Crippen LogP contribution in [0.15, 0.2) is 29.2 Å². The fourth-order valence-corrected chi connectivity index (χ4v) is 2.80. The van der Waals surface area contributed by atoms with Gasteiger partial charge in [-0.05, 0) is 37.6 Å². The van der Waals surface area contributed by atoms with Crippen molar-refractivity contribution in [3.05, 3.63) is 29.8 Å². The van der Waals surface area contributed by atoms with Crippen LogP contribution in [0, 0.1) is 12.3 Å². The quantitative estimate of drug-likeness (QED) is 0.751. The molecule has 3 N–H and O–H groups in total. The maximum atomic E-state index is 12.0. The summed E-state index contributed by atoms with van der Waals surface area (Å²) in [6.45, 7) is 2.28. The molecule has 0 aliphatic heterocycles. The summed E-state index contributed by atoms with van der Waals surface area (Å²) in [4.78, 5) is 0.243. The highest BCUT2D eigenvalue weighted by Gasteiger charge is 2.16. The lowest BCUT2D eigenvalue weighted by atomic mass is 10.2. The van der Waals surface area contributed by atoms with Gasteiger partial charge in [0.15, 0.2) is 0 Å². The highest BCUT2D eigenvalue weighted by molar-refractivity contribution is 7.89. The molecule has 98 valence electrons. The molecule has 1 atom stereocenters. The molecule has 0 bridgehead atoms. The van der Waals surface area contributed by atoms with E-state index in [-0.39, 0.29) is 10.9 Å². The Balaban J connectivity index is 2.82. The second-order valence-electron chi connectivity index (χ2n) is 4.11. The standard InChI is InChI=1S/C13H18N2O2S/c1-3-4-11(2)15-18(16,17)13-7-5-12(6-8-13)9-10-14/h1,5-8,11,15H,4,9-10,14H2,2H3. The van der Waals surface area contributed by atoms with E-state index in [0.717, 1.165) is 12.0 Å². The van der Waals surface area contributed by atoms with Crippen molar-refractivity contribution in [1.29, 1.82) is 0 Å². The maximum absolute atomic E-state index is 12.0. The zero-order valence-corrected chi connectivity index (χ0v) is 11.2. The Morgan fingerprint density at radius 3 is 2.50 bits per heavy atom. The van der Waals surface area contributed by atoms with Crippen molar-refractivity contribution in [3.63, 3.8) is 0 Å². The van der Waals surface area contributed by atoms with Crippen LogP contribution in [0.25, 0.3) is 0 Å². The number of benzene rings is 1. The molecule has 0 fully saturated rings. The molecule has 0 saturated heterocycles. The summed E-state index contributed by atoms with van der Waals surface area (Å²) in [6.07, 6.45) is 6.25. The molecule has 0 saturated carbocycles. The zero-order chi connectivity index (χ0) is 13.6. The van der Waals surface area contributed by atoms with Crippen LogP contribution in [0.3, 0.4) is 0 Å². The summed E-state index contributed by atoms with van der Waals surface area (Å²) in [5, 5.41) is 0. The molecule has 0 aromatic heterocycles. The number of sulfonamides is 1. The number of nitrogens with two attached hydrogens (primary N) is 1. The first-order valence-electron chi connectivity index (χ1n) is 5.74. The first kappa shape index (κ1) is 14.7. The molecule has 5 heteroatoms. The molecule has 18 heavy (non-hydrogen) atoms. The Kier molecular flexibility index (Phi) is 5.35. The minimum absolute atomic E-state index is 0.243. The summed E-state index contributed by atoms with van der Waals surface area (Å²) in [7, 11) is -3.49. The van der Waals surface area contributed by atoms with Gasteiger partial charge in [0.25, 0.3) is 0 Å². The van der Waals surface area contributed by atoms with Crippen LogP contribution < -0.4 is 10.5 Å². The van der Waals surface area contributed by atoms with Crippen LogP contribution in [-0.2, 0) is 16.4 Å². The molecular formula is C13H18N2O2S. The van der Waals surface area contributed by atoms with Crippen LogP contribution in [-0.4, -0.2) is 21.0 Å². The average molecular weight is 266 g/mol. The van der Waals surface area contributed by atoms with Gasteiger partial charge in [-0.3, -0.25) is 0 Å². The van der Waals surface area contributed by atoms with Crippen molar-refractivity contribution in [3.8, 4) is 12.3 Å². The monoisotopic (exact) mass is 266 g/mol. The third-order valence-corrected chi connectivity index (χ3v) is 4.05. The molecule has 0 amide bonds. The van der Waals surface area contributed by atoms with Crippen LogP contribution >= 0.6 is 0 Å². The molecule has 0 heterocycles. The van der Waals surface area contributed by atoms with Gasteiger partial charge in [0.1, 0.15) is 0 Å². The predicted molar refractivity (Wildman–Crippen MR) is 72.4 cm³/mol. The van der Waals surface area contributed by atoms with Gasteiger partial charge in [-0.1, -0.05) is 12.1 Å². The SMILES string of the molecule is C#CCC(C)NS(=O)(=O)c1ccc(CCN)cc1. The molecule has 1 aromatic carbocycles. The Morgan fingerprint density at radius 2 is 2.00 bits per heavy atom. The van der Waals surface area contributed by atoms with Crippen molar-refractivity contribution < 1.29 is 8.42 Å². The lowest BCUT2D eigenvalue weighted by molar-refractivity contribution is 0.563. The Morgan fingerprint density at radius 1 is 1.39 bits per heavy atom. The van der Waals surface area contributed by atoms with Crippen molar-refractivity contribution in [2.75, 3.05) is 6.54 Å². The van der Waals surface area contributed by atoms with Crippen LogP contribution in [0.1, 0.15) is 18.9 Å². The van der Waals surface area contributed by atoms with Gasteiger partial charge >= 0.3 is 0 Å². The van der Waals surface area contributed by atoms with E-state index >= 15 is 0 Å². The normalized spacial score (nSPS) is 12.9. The third-order valence-electron chi connectivity index (χ3n) is 2.45. The van der Waals surface area contributed by atoms with Gasteiger partial charge in [0, 0.05) is 12.5 Å². The first-order chi connectivity index (χ1) is 8.49. The van der Waals surface area contributed by atoms with E-state index in [1.165, 1.54) is 0 Å². The number of terminal acetylenes is 1. The predicted octanol–water partition coefficient (Wildman–Crippen LogP) is 0.878. The van der Waals surface area contributed by atoms with Gasteiger partial charge in [-0.25, -0.2) is 13.1 Å². The summed E-state index contributed by atoms with van der Waals surface area (Å²) in [5.41, 5.74) is 6.46. The fourth-order valence-electron chi connectivity index (χ4n) is 1.55. The lowest BCUT2D eigenvalue weighted by Gasteiger charge is -2.12. The van der Waals surface area contributed by atoms with Gasteiger partial charge in [-0.2, -0.15) is 0 Å². The summed E-state index contributed by atoms with van der Waals surface area (Å²) < 4.78 is 26.5. The number of hydrogen-bond acceptors (Lipinski definition) is 3. The Hall–Kier alpha value is -1.35. The second kappa shape index (κ2) is 6.55. The van der Waals surface area contributed by atoms with Crippen molar-refractivity contribution in [2.45, 2.75) is 30.7 Å². The molecule has 4 nitrogen and oxygen atoms in total. The number of nitrogens with one attached hydrogen (secondary N) is 1. The van der Waals surface area contributed by atoms with Crippen molar-refractivity contribution >= 4 is 10.0 Å². The lowest BCUT2D eigenvalue weighted by Crippen LogP contribution is -2.32. The first-order valence-corrected chi connectivity index (χ1v) is 7.22. The summed E-state index contributed by atoms with van der Waals surface area (Å²) in [6, 6.07) is 6.43. The molecular weight excluding hydrogens is 248 g/mol. The van der Waals surface area contributed by atoms with E-state index in [4.69, 9.17) is 12.2 Å². The number of hydrogen-bond donors (Lipinski definition) is 2. The smallest absolute Gasteiger partial charge is 0.240 e. The van der Waals surface area contributed by atoms with E-state index in [1.54, 1.807) is 31.2 Å². The second-order valence-corrected chi connectivity index (χ2v) is 5.83. The van der Waals surface area contributed by atoms with Gasteiger partial charge in [-0.15, -0.1) is 12.3 Å². The van der Waals surface area contributed by atoms with E-state index in [1.807, 2.05) is 0 Å². The molecule has 0 aliphatic rings. The van der Waals surface area contributed by atoms with Gasteiger partial charge in [0.2, 0.25) is 10.0 Å². The minimum Gasteiger partial charge on any atom is -0.330 e. The Labute approximate surface area is 109 Å². The van der Waals surface area contributed by atoms with Crippen molar-refractivity contribution in [2.24, 2.45) is 5.73 Å². The molecule has 1 unspecified atom stereocenters. The van der Waals surface area contributed by atoms with Gasteiger partial charge in [0.05, 0.1) is 4.90 Å². The van der Waals surface area contributed by atoms with E-state index in [2.05, 4.69) is 10.6 Å².